The first-order chi connectivity index (χ1) is 11.7. The Morgan fingerprint density at radius 1 is 1.17 bits per heavy atom. The monoisotopic (exact) mass is 324 g/mol. The third kappa shape index (κ3) is 3.40. The van der Waals surface area contributed by atoms with Crippen molar-refractivity contribution in [1.82, 2.24) is 4.90 Å². The largest absolute Gasteiger partial charge is 0.495 e. The molecule has 2 amide bonds. The van der Waals surface area contributed by atoms with Crippen LogP contribution < -0.4 is 10.1 Å². The number of amides is 2. The van der Waals surface area contributed by atoms with E-state index in [1.165, 1.54) is 0 Å². The summed E-state index contributed by atoms with van der Waals surface area (Å²) in [5, 5.41) is 2.88. The van der Waals surface area contributed by atoms with Crippen molar-refractivity contribution in [3.8, 4) is 5.75 Å². The van der Waals surface area contributed by atoms with Crippen LogP contribution >= 0.6 is 0 Å². The molecule has 1 heterocycles. The highest BCUT2D eigenvalue weighted by Gasteiger charge is 2.36. The number of carbonyl (C=O) groups excluding carboxylic acids is 2. The van der Waals surface area contributed by atoms with Gasteiger partial charge in [0.15, 0.2) is 0 Å². The van der Waals surface area contributed by atoms with Crippen LogP contribution in [-0.4, -0.2) is 29.9 Å². The van der Waals surface area contributed by atoms with Crippen molar-refractivity contribution in [2.24, 2.45) is 0 Å². The molecule has 1 fully saturated rings. The third-order valence-corrected chi connectivity index (χ3v) is 4.19. The summed E-state index contributed by atoms with van der Waals surface area (Å²) in [5.41, 5.74) is 1.63. The number of benzene rings is 2. The van der Waals surface area contributed by atoms with Gasteiger partial charge < -0.3 is 15.0 Å². The third-order valence-electron chi connectivity index (χ3n) is 4.19. The molecule has 1 aliphatic heterocycles. The van der Waals surface area contributed by atoms with Crippen molar-refractivity contribution in [2.45, 2.75) is 25.4 Å². The maximum atomic E-state index is 12.7. The Bertz CT molecular complexity index is 730. The van der Waals surface area contributed by atoms with Gasteiger partial charge in [-0.05, 0) is 24.1 Å². The van der Waals surface area contributed by atoms with Crippen LogP contribution in [0, 0.1) is 0 Å². The van der Waals surface area contributed by atoms with Gasteiger partial charge in [0.25, 0.3) is 0 Å². The van der Waals surface area contributed by atoms with Crippen LogP contribution in [0.2, 0.25) is 0 Å². The Hall–Kier alpha value is -2.82. The molecule has 0 aliphatic carbocycles. The smallest absolute Gasteiger partial charge is 0.247 e. The molecule has 1 aliphatic rings. The number of carbonyl (C=O) groups is 2. The van der Waals surface area contributed by atoms with Crippen LogP contribution in [0.5, 0.6) is 5.75 Å². The van der Waals surface area contributed by atoms with E-state index >= 15 is 0 Å². The minimum absolute atomic E-state index is 0.0130. The van der Waals surface area contributed by atoms with E-state index in [9.17, 15) is 9.59 Å². The molecule has 2 aromatic rings. The van der Waals surface area contributed by atoms with E-state index in [4.69, 9.17) is 4.74 Å². The average Bonchev–Trinajstić information content (AvgIpc) is 2.97. The highest BCUT2D eigenvalue weighted by atomic mass is 16.5. The van der Waals surface area contributed by atoms with Crippen molar-refractivity contribution in [3.63, 3.8) is 0 Å². The van der Waals surface area contributed by atoms with Crippen LogP contribution in [0.15, 0.2) is 54.6 Å². The molecular formula is C19H20N2O3. The predicted octanol–water partition coefficient (Wildman–Crippen LogP) is 2.82. The van der Waals surface area contributed by atoms with Gasteiger partial charge in [-0.3, -0.25) is 9.59 Å². The number of ether oxygens (including phenoxy) is 1. The van der Waals surface area contributed by atoms with Crippen molar-refractivity contribution in [2.75, 3.05) is 12.4 Å². The maximum absolute atomic E-state index is 12.7. The van der Waals surface area contributed by atoms with E-state index in [0.717, 1.165) is 5.56 Å². The zero-order chi connectivity index (χ0) is 16.9. The summed E-state index contributed by atoms with van der Waals surface area (Å²) >= 11 is 0. The summed E-state index contributed by atoms with van der Waals surface area (Å²) in [6.07, 6.45) is 0.934. The second-order valence-electron chi connectivity index (χ2n) is 5.75. The average molecular weight is 324 g/mol. The second kappa shape index (κ2) is 7.17. The molecule has 0 saturated carbocycles. The van der Waals surface area contributed by atoms with Gasteiger partial charge in [-0.25, -0.2) is 0 Å². The summed E-state index contributed by atoms with van der Waals surface area (Å²) in [7, 11) is 1.56. The first-order valence-corrected chi connectivity index (χ1v) is 7.96. The predicted molar refractivity (Wildman–Crippen MR) is 91.6 cm³/mol. The van der Waals surface area contributed by atoms with E-state index in [-0.39, 0.29) is 11.8 Å². The lowest BCUT2D eigenvalue weighted by Crippen LogP contribution is -2.41. The highest BCUT2D eigenvalue weighted by Crippen LogP contribution is 2.26. The van der Waals surface area contributed by atoms with Crippen LogP contribution in [0.1, 0.15) is 18.4 Å². The molecule has 1 atom stereocenters. The molecule has 24 heavy (non-hydrogen) atoms. The molecule has 2 aromatic carbocycles. The van der Waals surface area contributed by atoms with Crippen LogP contribution in [0.3, 0.4) is 0 Å². The number of methoxy groups -OCH3 is 1. The normalized spacial score (nSPS) is 17.0. The minimum Gasteiger partial charge on any atom is -0.495 e. The van der Waals surface area contributed by atoms with Gasteiger partial charge >= 0.3 is 0 Å². The van der Waals surface area contributed by atoms with E-state index in [1.807, 2.05) is 42.5 Å². The molecule has 1 unspecified atom stereocenters. The second-order valence-corrected chi connectivity index (χ2v) is 5.75. The summed E-state index contributed by atoms with van der Waals surface area (Å²) in [6.45, 7) is 0.448. The van der Waals surface area contributed by atoms with Gasteiger partial charge in [-0.1, -0.05) is 42.5 Å². The summed E-state index contributed by atoms with van der Waals surface area (Å²) in [5.74, 6) is 0.435. The molecule has 0 aromatic heterocycles. The number of hydrogen-bond acceptors (Lipinski definition) is 3. The topological polar surface area (TPSA) is 58.6 Å². The number of nitrogens with zero attached hydrogens (tertiary/aromatic N) is 1. The lowest BCUT2D eigenvalue weighted by atomic mass is 10.1. The molecule has 5 heteroatoms. The quantitative estimate of drug-likeness (QED) is 0.920. The maximum Gasteiger partial charge on any atom is 0.247 e. The fourth-order valence-electron chi connectivity index (χ4n) is 2.95. The van der Waals surface area contributed by atoms with Crippen LogP contribution in [0.25, 0.3) is 0 Å². The molecule has 0 bridgehead atoms. The lowest BCUT2D eigenvalue weighted by Gasteiger charge is -2.24. The van der Waals surface area contributed by atoms with Gasteiger partial charge in [0, 0.05) is 13.0 Å². The Morgan fingerprint density at radius 3 is 2.62 bits per heavy atom. The molecule has 0 radical (unpaired) electrons. The Kier molecular flexibility index (Phi) is 4.79. The Balaban J connectivity index is 1.74. The van der Waals surface area contributed by atoms with Crippen molar-refractivity contribution in [3.05, 3.63) is 60.2 Å². The van der Waals surface area contributed by atoms with E-state index in [2.05, 4.69) is 5.32 Å². The van der Waals surface area contributed by atoms with Gasteiger partial charge in [0.2, 0.25) is 11.8 Å². The lowest BCUT2D eigenvalue weighted by molar-refractivity contribution is -0.133. The van der Waals surface area contributed by atoms with Crippen molar-refractivity contribution >= 4 is 17.5 Å². The molecule has 1 saturated heterocycles. The zero-order valence-electron chi connectivity index (χ0n) is 13.6. The van der Waals surface area contributed by atoms with E-state index < -0.39 is 6.04 Å². The zero-order valence-corrected chi connectivity index (χ0v) is 13.6. The molecule has 5 nitrogen and oxygen atoms in total. The minimum atomic E-state index is -0.456. The number of likely N-dealkylation sites (tertiary alicyclic amines) is 1. The number of rotatable bonds is 5. The van der Waals surface area contributed by atoms with E-state index in [0.29, 0.717) is 30.8 Å². The SMILES string of the molecule is COc1ccccc1NC(=O)C1CCC(=O)N1Cc1ccccc1. The summed E-state index contributed by atoms with van der Waals surface area (Å²) in [6, 6.07) is 16.5. The van der Waals surface area contributed by atoms with Gasteiger partial charge in [0.05, 0.1) is 12.8 Å². The first-order valence-electron chi connectivity index (χ1n) is 7.96. The fourth-order valence-corrected chi connectivity index (χ4v) is 2.95. The summed E-state index contributed by atoms with van der Waals surface area (Å²) in [4.78, 5) is 26.5. The number of para-hydroxylation sites is 2. The first kappa shape index (κ1) is 16.1. The van der Waals surface area contributed by atoms with Crippen molar-refractivity contribution in [1.29, 1.82) is 0 Å². The molecule has 0 spiro atoms. The fraction of sp³-hybridized carbons (Fsp3) is 0.263. The number of nitrogens with one attached hydrogen (secondary N) is 1. The Morgan fingerprint density at radius 2 is 1.88 bits per heavy atom. The van der Waals surface area contributed by atoms with Gasteiger partial charge in [-0.2, -0.15) is 0 Å². The van der Waals surface area contributed by atoms with Gasteiger partial charge in [0.1, 0.15) is 11.8 Å². The van der Waals surface area contributed by atoms with Crippen LogP contribution in [0.4, 0.5) is 5.69 Å². The van der Waals surface area contributed by atoms with Crippen molar-refractivity contribution < 1.29 is 14.3 Å². The van der Waals surface area contributed by atoms with Crippen LogP contribution in [-0.2, 0) is 16.1 Å². The highest BCUT2D eigenvalue weighted by molar-refractivity contribution is 5.99. The molecular weight excluding hydrogens is 304 g/mol. The Labute approximate surface area is 141 Å². The summed E-state index contributed by atoms with van der Waals surface area (Å²) < 4.78 is 5.26. The standard InChI is InChI=1S/C19H20N2O3/c1-24-17-10-6-5-9-15(17)20-19(23)16-11-12-18(22)21(16)13-14-7-3-2-4-8-14/h2-10,16H,11-13H2,1H3,(H,20,23). The molecule has 124 valence electrons. The molecule has 3 rings (SSSR count). The van der Waals surface area contributed by atoms with E-state index in [1.54, 1.807) is 24.1 Å². The number of hydrogen-bond donors (Lipinski definition) is 1. The molecule has 1 N–H and O–H groups in total. The van der Waals surface area contributed by atoms with Gasteiger partial charge in [-0.15, -0.1) is 0 Å². The number of anilines is 1.